The van der Waals surface area contributed by atoms with Gasteiger partial charge in [0.2, 0.25) is 0 Å². The normalized spacial score (nSPS) is 13.8. The molecule has 0 saturated carbocycles. The largest absolute Gasteiger partial charge is 0.472 e. The van der Waals surface area contributed by atoms with E-state index < -0.39 is 32.5 Å². The minimum absolute atomic E-state index is 0.0537. The summed E-state index contributed by atoms with van der Waals surface area (Å²) >= 11 is 0. The van der Waals surface area contributed by atoms with Crippen molar-refractivity contribution in [3.05, 3.63) is 12.2 Å². The van der Waals surface area contributed by atoms with E-state index in [4.69, 9.17) is 24.3 Å². The smallest absolute Gasteiger partial charge is 0.462 e. The van der Waals surface area contributed by atoms with E-state index in [9.17, 15) is 19.0 Å². The highest BCUT2D eigenvalue weighted by Gasteiger charge is 2.25. The molecule has 0 aliphatic rings. The highest BCUT2D eigenvalue weighted by Crippen LogP contribution is 2.43. The molecule has 40 heavy (non-hydrogen) atoms. The molecule has 0 amide bonds. The number of hydrogen-bond acceptors (Lipinski definition) is 8. The molecule has 2 atom stereocenters. The van der Waals surface area contributed by atoms with Gasteiger partial charge in [-0.25, -0.2) is 4.57 Å². The average Bonchev–Trinajstić information content (AvgIpc) is 2.93. The maximum Gasteiger partial charge on any atom is 0.472 e. The summed E-state index contributed by atoms with van der Waals surface area (Å²) in [5, 5.41) is 0. The molecule has 0 heterocycles. The van der Waals surface area contributed by atoms with Crippen LogP contribution in [-0.4, -0.2) is 49.3 Å². The van der Waals surface area contributed by atoms with Crippen LogP contribution in [0.5, 0.6) is 0 Å². The Bertz CT molecular complexity index is 689. The second kappa shape index (κ2) is 27.9. The van der Waals surface area contributed by atoms with E-state index in [1.54, 1.807) is 0 Å². The van der Waals surface area contributed by atoms with Crippen LogP contribution < -0.4 is 5.73 Å². The number of allylic oxidation sites excluding steroid dienone is 2. The van der Waals surface area contributed by atoms with Gasteiger partial charge in [0.05, 0.1) is 13.2 Å². The van der Waals surface area contributed by atoms with Gasteiger partial charge in [-0.15, -0.1) is 0 Å². The second-order valence-electron chi connectivity index (χ2n) is 10.3. The van der Waals surface area contributed by atoms with Crippen LogP contribution in [0.3, 0.4) is 0 Å². The van der Waals surface area contributed by atoms with Crippen molar-refractivity contribution in [3.63, 3.8) is 0 Å². The zero-order valence-corrected chi connectivity index (χ0v) is 26.2. The van der Waals surface area contributed by atoms with Gasteiger partial charge in [0.25, 0.3) is 0 Å². The summed E-state index contributed by atoms with van der Waals surface area (Å²) in [6, 6.07) is 0. The molecule has 0 aliphatic carbocycles. The first-order valence-corrected chi connectivity index (χ1v) is 17.2. The van der Waals surface area contributed by atoms with Gasteiger partial charge in [0.1, 0.15) is 6.61 Å². The maximum absolute atomic E-state index is 12.4. The van der Waals surface area contributed by atoms with Crippen molar-refractivity contribution in [1.82, 2.24) is 0 Å². The second-order valence-corrected chi connectivity index (χ2v) is 11.8. The number of phosphoric acid groups is 1. The molecule has 236 valence electrons. The molecule has 9 nitrogen and oxygen atoms in total. The number of hydrogen-bond donors (Lipinski definition) is 2. The summed E-state index contributed by atoms with van der Waals surface area (Å²) in [5.74, 6) is -0.854. The molecule has 0 saturated heterocycles. The van der Waals surface area contributed by atoms with Crippen molar-refractivity contribution in [2.75, 3.05) is 26.4 Å². The Morgan fingerprint density at radius 1 is 0.725 bits per heavy atom. The van der Waals surface area contributed by atoms with Crippen molar-refractivity contribution in [2.45, 2.75) is 142 Å². The number of carbonyl (C=O) groups is 2. The maximum atomic E-state index is 12.4. The third-order valence-corrected chi connectivity index (χ3v) is 7.39. The first-order valence-electron chi connectivity index (χ1n) is 15.7. The van der Waals surface area contributed by atoms with Gasteiger partial charge < -0.3 is 20.1 Å². The molecule has 0 spiro atoms. The third-order valence-electron chi connectivity index (χ3n) is 6.40. The van der Waals surface area contributed by atoms with Gasteiger partial charge in [0, 0.05) is 19.4 Å². The van der Waals surface area contributed by atoms with Gasteiger partial charge in [-0.1, -0.05) is 96.6 Å². The average molecular weight is 592 g/mol. The summed E-state index contributed by atoms with van der Waals surface area (Å²) < 4.78 is 32.3. The molecule has 0 radical (unpaired) electrons. The minimum atomic E-state index is -4.35. The zero-order chi connectivity index (χ0) is 29.7. The van der Waals surface area contributed by atoms with Crippen LogP contribution in [0.2, 0.25) is 0 Å². The number of esters is 2. The van der Waals surface area contributed by atoms with Gasteiger partial charge >= 0.3 is 19.8 Å². The van der Waals surface area contributed by atoms with E-state index in [1.165, 1.54) is 38.5 Å². The minimum Gasteiger partial charge on any atom is -0.462 e. The number of phosphoric ester groups is 1. The molecular weight excluding hydrogens is 533 g/mol. The predicted octanol–water partition coefficient (Wildman–Crippen LogP) is 7.54. The van der Waals surface area contributed by atoms with E-state index in [0.29, 0.717) is 6.42 Å². The Hall–Kier alpha value is -1.25. The molecule has 2 unspecified atom stereocenters. The Balaban J connectivity index is 4.25. The van der Waals surface area contributed by atoms with Crippen LogP contribution in [0.1, 0.15) is 136 Å². The van der Waals surface area contributed by atoms with Crippen molar-refractivity contribution in [3.8, 4) is 0 Å². The lowest BCUT2D eigenvalue weighted by molar-refractivity contribution is -0.161. The van der Waals surface area contributed by atoms with Crippen molar-refractivity contribution >= 4 is 19.8 Å². The first-order chi connectivity index (χ1) is 19.3. The number of rotatable bonds is 29. The van der Waals surface area contributed by atoms with Crippen LogP contribution >= 0.6 is 7.82 Å². The standard InChI is InChI=1S/C30H58NO8P/c1-3-5-7-9-10-11-12-13-14-15-16-17-19-21-23-30(33)39-28(27-38-40(34,35)37-25-24-31)26-36-29(32)22-20-18-8-6-4-2/h12-13,28H,3-11,14-27,31H2,1-2H3,(H,34,35)/b13-12-. The van der Waals surface area contributed by atoms with Crippen LogP contribution in [-0.2, 0) is 32.7 Å². The fourth-order valence-corrected chi connectivity index (χ4v) is 4.80. The van der Waals surface area contributed by atoms with E-state index in [0.717, 1.165) is 64.2 Å². The lowest BCUT2D eigenvalue weighted by Crippen LogP contribution is -2.29. The van der Waals surface area contributed by atoms with Crippen molar-refractivity contribution in [2.24, 2.45) is 5.73 Å². The summed E-state index contributed by atoms with van der Waals surface area (Å²) in [5.41, 5.74) is 5.29. The van der Waals surface area contributed by atoms with E-state index >= 15 is 0 Å². The highest BCUT2D eigenvalue weighted by atomic mass is 31.2. The van der Waals surface area contributed by atoms with Crippen LogP contribution in [0.15, 0.2) is 12.2 Å². The Morgan fingerprint density at radius 3 is 1.77 bits per heavy atom. The molecule has 3 N–H and O–H groups in total. The monoisotopic (exact) mass is 591 g/mol. The molecule has 0 aliphatic heterocycles. The molecule has 0 bridgehead atoms. The van der Waals surface area contributed by atoms with Crippen molar-refractivity contribution < 1.29 is 37.6 Å². The van der Waals surface area contributed by atoms with E-state index in [-0.39, 0.29) is 32.6 Å². The van der Waals surface area contributed by atoms with Gasteiger partial charge in [-0.3, -0.25) is 18.6 Å². The Kier molecular flexibility index (Phi) is 27.0. The van der Waals surface area contributed by atoms with Gasteiger partial charge in [0.15, 0.2) is 6.10 Å². The quantitative estimate of drug-likeness (QED) is 0.0391. The zero-order valence-electron chi connectivity index (χ0n) is 25.3. The molecule has 0 aromatic heterocycles. The predicted molar refractivity (Wildman–Crippen MR) is 160 cm³/mol. The molecule has 10 heteroatoms. The molecular formula is C30H58NO8P. The van der Waals surface area contributed by atoms with Crippen LogP contribution in [0, 0.1) is 0 Å². The summed E-state index contributed by atoms with van der Waals surface area (Å²) in [7, 11) is -4.35. The number of unbranched alkanes of at least 4 members (excludes halogenated alkanes) is 14. The summed E-state index contributed by atoms with van der Waals surface area (Å²) in [6.45, 7) is 3.58. The van der Waals surface area contributed by atoms with Crippen LogP contribution in [0.4, 0.5) is 0 Å². The van der Waals surface area contributed by atoms with Gasteiger partial charge in [-0.05, 0) is 38.5 Å². The third kappa shape index (κ3) is 26.9. The molecule has 0 fully saturated rings. The van der Waals surface area contributed by atoms with E-state index in [2.05, 4.69) is 26.0 Å². The Labute approximate surface area is 243 Å². The van der Waals surface area contributed by atoms with Crippen molar-refractivity contribution in [1.29, 1.82) is 0 Å². The lowest BCUT2D eigenvalue weighted by Gasteiger charge is -2.19. The summed E-state index contributed by atoms with van der Waals surface area (Å²) in [6.07, 6.45) is 22.8. The van der Waals surface area contributed by atoms with Crippen LogP contribution in [0.25, 0.3) is 0 Å². The molecule has 0 rings (SSSR count). The number of ether oxygens (including phenoxy) is 2. The summed E-state index contributed by atoms with van der Waals surface area (Å²) in [4.78, 5) is 34.2. The number of carbonyl (C=O) groups excluding carboxylic acids is 2. The van der Waals surface area contributed by atoms with E-state index in [1.807, 2.05) is 0 Å². The highest BCUT2D eigenvalue weighted by molar-refractivity contribution is 7.47. The SMILES string of the molecule is CCCCCCC/C=C\CCCCCCCC(=O)OC(COC(=O)CCCCCCC)COP(=O)(O)OCCN. The first kappa shape index (κ1) is 38.8. The fourth-order valence-electron chi connectivity index (χ4n) is 4.04. The fraction of sp³-hybridized carbons (Fsp3) is 0.867. The van der Waals surface area contributed by atoms with Gasteiger partial charge in [-0.2, -0.15) is 0 Å². The number of nitrogens with two attached hydrogens (primary N) is 1. The Morgan fingerprint density at radius 2 is 1.23 bits per heavy atom. The molecule has 0 aromatic rings. The topological polar surface area (TPSA) is 134 Å². The molecule has 0 aromatic carbocycles. The lowest BCUT2D eigenvalue weighted by atomic mass is 10.1.